The molecule has 0 aliphatic heterocycles. The summed E-state index contributed by atoms with van der Waals surface area (Å²) in [6.07, 6.45) is 2.35. The predicted octanol–water partition coefficient (Wildman–Crippen LogP) is 1.87. The number of amidine groups is 1. The molecule has 2 rings (SSSR count). The molecule has 0 saturated heterocycles. The molecular formula is C12H16N2O. The smallest absolute Gasteiger partial charge is 0.125 e. The summed E-state index contributed by atoms with van der Waals surface area (Å²) in [5.74, 6) is 1.53. The molecule has 1 aromatic carbocycles. The first-order valence-electron chi connectivity index (χ1n) is 5.19. The summed E-state index contributed by atoms with van der Waals surface area (Å²) in [4.78, 5) is 4.41. The van der Waals surface area contributed by atoms with Crippen LogP contribution < -0.4 is 10.5 Å². The molecule has 1 aliphatic rings. The van der Waals surface area contributed by atoms with Crippen LogP contribution in [0.1, 0.15) is 24.0 Å². The van der Waals surface area contributed by atoms with Gasteiger partial charge in [0.25, 0.3) is 0 Å². The van der Waals surface area contributed by atoms with Crippen molar-refractivity contribution in [3.05, 3.63) is 29.3 Å². The van der Waals surface area contributed by atoms with Gasteiger partial charge in [-0.2, -0.15) is 0 Å². The Balaban J connectivity index is 2.24. The fraction of sp³-hybridized carbons (Fsp3) is 0.417. The van der Waals surface area contributed by atoms with Gasteiger partial charge in [0.15, 0.2) is 0 Å². The van der Waals surface area contributed by atoms with Gasteiger partial charge in [-0.15, -0.1) is 0 Å². The normalized spacial score (nSPS) is 16.5. The lowest BCUT2D eigenvalue weighted by Gasteiger charge is -2.06. The van der Waals surface area contributed by atoms with Crippen LogP contribution in [0.4, 0.5) is 0 Å². The monoisotopic (exact) mass is 204 g/mol. The first kappa shape index (κ1) is 10.0. The molecule has 2 N–H and O–H groups in total. The van der Waals surface area contributed by atoms with Gasteiger partial charge in [-0.25, -0.2) is 0 Å². The van der Waals surface area contributed by atoms with Gasteiger partial charge in [0, 0.05) is 5.56 Å². The third-order valence-corrected chi connectivity index (χ3v) is 2.56. The Morgan fingerprint density at radius 1 is 1.47 bits per heavy atom. The Morgan fingerprint density at radius 3 is 2.73 bits per heavy atom. The maximum atomic E-state index is 5.91. The Kier molecular flexibility index (Phi) is 2.62. The standard InChI is InChI=1S/C12H16N2O/c1-8-7-9(3-6-11(8)15-2)12(13)14-10-4-5-10/h3,6-7,10H,4-5H2,1-2H3,(H2,13,14). The van der Waals surface area contributed by atoms with Gasteiger partial charge in [-0.3, -0.25) is 4.99 Å². The van der Waals surface area contributed by atoms with Crippen LogP contribution in [0.5, 0.6) is 5.75 Å². The molecule has 15 heavy (non-hydrogen) atoms. The molecule has 0 atom stereocenters. The zero-order valence-corrected chi connectivity index (χ0v) is 9.16. The van der Waals surface area contributed by atoms with Crippen LogP contribution in [0, 0.1) is 6.92 Å². The molecule has 0 heterocycles. The van der Waals surface area contributed by atoms with Gasteiger partial charge in [0.05, 0.1) is 13.2 Å². The minimum atomic E-state index is 0.465. The molecule has 0 amide bonds. The summed E-state index contributed by atoms with van der Waals surface area (Å²) < 4.78 is 5.19. The molecule has 3 heteroatoms. The Hall–Kier alpha value is -1.51. The zero-order valence-electron chi connectivity index (χ0n) is 9.16. The van der Waals surface area contributed by atoms with Crippen LogP contribution in [0.2, 0.25) is 0 Å². The van der Waals surface area contributed by atoms with E-state index >= 15 is 0 Å². The Labute approximate surface area is 90.0 Å². The second-order valence-electron chi connectivity index (χ2n) is 3.93. The van der Waals surface area contributed by atoms with Gasteiger partial charge in [0.1, 0.15) is 11.6 Å². The summed E-state index contributed by atoms with van der Waals surface area (Å²) >= 11 is 0. The van der Waals surface area contributed by atoms with Gasteiger partial charge in [-0.05, 0) is 43.5 Å². The van der Waals surface area contributed by atoms with Crippen molar-refractivity contribution < 1.29 is 4.74 Å². The van der Waals surface area contributed by atoms with Crippen LogP contribution in [0.15, 0.2) is 23.2 Å². The highest BCUT2D eigenvalue weighted by atomic mass is 16.5. The number of methoxy groups -OCH3 is 1. The van der Waals surface area contributed by atoms with Crippen molar-refractivity contribution in [1.29, 1.82) is 0 Å². The molecule has 1 aliphatic carbocycles. The van der Waals surface area contributed by atoms with E-state index in [1.807, 2.05) is 25.1 Å². The fourth-order valence-corrected chi connectivity index (χ4v) is 1.51. The summed E-state index contributed by atoms with van der Waals surface area (Å²) in [5, 5.41) is 0. The lowest BCUT2D eigenvalue weighted by atomic mass is 10.1. The SMILES string of the molecule is COc1ccc(C(N)=NC2CC2)cc1C. The molecule has 3 nitrogen and oxygen atoms in total. The first-order valence-corrected chi connectivity index (χ1v) is 5.19. The second kappa shape index (κ2) is 3.93. The Bertz CT molecular complexity index is 395. The molecule has 80 valence electrons. The topological polar surface area (TPSA) is 47.6 Å². The van der Waals surface area contributed by atoms with E-state index in [0.29, 0.717) is 11.9 Å². The molecule has 0 unspecified atom stereocenters. The number of aliphatic imine (C=N–C) groups is 1. The van der Waals surface area contributed by atoms with Gasteiger partial charge in [-0.1, -0.05) is 0 Å². The third kappa shape index (κ3) is 2.29. The number of rotatable bonds is 3. The van der Waals surface area contributed by atoms with E-state index in [2.05, 4.69) is 4.99 Å². The highest BCUT2D eigenvalue weighted by Crippen LogP contribution is 2.24. The van der Waals surface area contributed by atoms with Crippen molar-refractivity contribution in [3.63, 3.8) is 0 Å². The summed E-state index contributed by atoms with van der Waals surface area (Å²) in [6.45, 7) is 2.01. The summed E-state index contributed by atoms with van der Waals surface area (Å²) in [5.41, 5.74) is 7.98. The quantitative estimate of drug-likeness (QED) is 0.603. The van der Waals surface area contributed by atoms with Crippen molar-refractivity contribution in [2.24, 2.45) is 10.7 Å². The molecule has 0 aromatic heterocycles. The number of hydrogen-bond acceptors (Lipinski definition) is 2. The van der Waals surface area contributed by atoms with Crippen molar-refractivity contribution in [1.82, 2.24) is 0 Å². The summed E-state index contributed by atoms with van der Waals surface area (Å²) in [7, 11) is 1.67. The number of nitrogens with zero attached hydrogens (tertiary/aromatic N) is 1. The first-order chi connectivity index (χ1) is 7.20. The largest absolute Gasteiger partial charge is 0.496 e. The van der Waals surface area contributed by atoms with Crippen LogP contribution in [0.3, 0.4) is 0 Å². The van der Waals surface area contributed by atoms with Crippen molar-refractivity contribution in [3.8, 4) is 5.75 Å². The molecule has 0 radical (unpaired) electrons. The molecule has 1 saturated carbocycles. The number of hydrogen-bond donors (Lipinski definition) is 1. The zero-order chi connectivity index (χ0) is 10.8. The van der Waals surface area contributed by atoms with Crippen molar-refractivity contribution in [2.75, 3.05) is 7.11 Å². The van der Waals surface area contributed by atoms with Gasteiger partial charge < -0.3 is 10.5 Å². The maximum absolute atomic E-state index is 5.91. The van der Waals surface area contributed by atoms with Crippen LogP contribution >= 0.6 is 0 Å². The van der Waals surface area contributed by atoms with Gasteiger partial charge in [0.2, 0.25) is 0 Å². The fourth-order valence-electron chi connectivity index (χ4n) is 1.51. The van der Waals surface area contributed by atoms with Crippen LogP contribution in [0.25, 0.3) is 0 Å². The number of aryl methyl sites for hydroxylation is 1. The van der Waals surface area contributed by atoms with E-state index in [1.54, 1.807) is 7.11 Å². The highest BCUT2D eigenvalue weighted by molar-refractivity contribution is 5.98. The van der Waals surface area contributed by atoms with Gasteiger partial charge >= 0.3 is 0 Å². The third-order valence-electron chi connectivity index (χ3n) is 2.56. The minimum absolute atomic E-state index is 0.465. The Morgan fingerprint density at radius 2 is 2.20 bits per heavy atom. The lowest BCUT2D eigenvalue weighted by molar-refractivity contribution is 0.411. The van der Waals surface area contributed by atoms with Crippen molar-refractivity contribution >= 4 is 5.84 Å². The second-order valence-corrected chi connectivity index (χ2v) is 3.93. The van der Waals surface area contributed by atoms with Crippen molar-refractivity contribution in [2.45, 2.75) is 25.8 Å². The van der Waals surface area contributed by atoms with E-state index in [1.165, 1.54) is 12.8 Å². The molecule has 1 aromatic rings. The minimum Gasteiger partial charge on any atom is -0.496 e. The van der Waals surface area contributed by atoms with E-state index in [4.69, 9.17) is 10.5 Å². The molecule has 1 fully saturated rings. The summed E-state index contributed by atoms with van der Waals surface area (Å²) in [6, 6.07) is 6.36. The van der Waals surface area contributed by atoms with Crippen LogP contribution in [-0.4, -0.2) is 19.0 Å². The van der Waals surface area contributed by atoms with E-state index in [0.717, 1.165) is 16.9 Å². The number of benzene rings is 1. The number of ether oxygens (including phenoxy) is 1. The predicted molar refractivity (Wildman–Crippen MR) is 61.5 cm³/mol. The highest BCUT2D eigenvalue weighted by Gasteiger charge is 2.20. The molecular weight excluding hydrogens is 188 g/mol. The molecule has 0 spiro atoms. The molecule has 0 bridgehead atoms. The average molecular weight is 204 g/mol. The number of nitrogens with two attached hydrogens (primary N) is 1. The van der Waals surface area contributed by atoms with E-state index in [9.17, 15) is 0 Å². The maximum Gasteiger partial charge on any atom is 0.125 e. The van der Waals surface area contributed by atoms with Crippen LogP contribution in [-0.2, 0) is 0 Å². The lowest BCUT2D eigenvalue weighted by Crippen LogP contribution is -2.14. The average Bonchev–Trinajstić information content (AvgIpc) is 3.01. The van der Waals surface area contributed by atoms with E-state index < -0.39 is 0 Å². The van der Waals surface area contributed by atoms with E-state index in [-0.39, 0.29) is 0 Å².